The van der Waals surface area contributed by atoms with Crippen molar-refractivity contribution >= 4 is 11.9 Å². The number of esters is 1. The Morgan fingerprint density at radius 1 is 1.17 bits per heavy atom. The van der Waals surface area contributed by atoms with Gasteiger partial charge in [-0.25, -0.2) is 9.18 Å². The number of fused-ring (bicyclic) bond motifs is 1. The first-order chi connectivity index (χ1) is 11.5. The summed E-state index contributed by atoms with van der Waals surface area (Å²) in [6.45, 7) is 2.40. The van der Waals surface area contributed by atoms with Gasteiger partial charge in [0.2, 0.25) is 0 Å². The number of benzene rings is 2. The molecule has 0 unspecified atom stereocenters. The lowest BCUT2D eigenvalue weighted by Crippen LogP contribution is -2.38. The zero-order valence-corrected chi connectivity index (χ0v) is 13.4. The Morgan fingerprint density at radius 3 is 2.67 bits per heavy atom. The molecule has 1 aliphatic heterocycles. The van der Waals surface area contributed by atoms with Gasteiger partial charge < -0.3 is 9.64 Å². The Kier molecular flexibility index (Phi) is 4.60. The summed E-state index contributed by atoms with van der Waals surface area (Å²) >= 11 is 0. The maximum atomic E-state index is 13.5. The molecule has 2 aromatic rings. The van der Waals surface area contributed by atoms with E-state index in [9.17, 15) is 14.0 Å². The molecular formula is C19H18FNO3. The summed E-state index contributed by atoms with van der Waals surface area (Å²) in [6.07, 6.45) is 0.791. The van der Waals surface area contributed by atoms with Crippen molar-refractivity contribution in [1.29, 1.82) is 0 Å². The highest BCUT2D eigenvalue weighted by molar-refractivity contribution is 5.91. The molecule has 1 aliphatic rings. The normalized spacial score (nSPS) is 13.3. The van der Waals surface area contributed by atoms with Crippen LogP contribution >= 0.6 is 0 Å². The summed E-state index contributed by atoms with van der Waals surface area (Å²) < 4.78 is 18.5. The van der Waals surface area contributed by atoms with Crippen LogP contribution in [0, 0.1) is 12.7 Å². The lowest BCUT2D eigenvalue weighted by Gasteiger charge is -2.28. The summed E-state index contributed by atoms with van der Waals surface area (Å²) in [6, 6.07) is 12.1. The number of aryl methyl sites for hydroxylation is 1. The molecule has 0 bridgehead atoms. The summed E-state index contributed by atoms with van der Waals surface area (Å²) in [5, 5.41) is 0. The highest BCUT2D eigenvalue weighted by atomic mass is 19.1. The fourth-order valence-corrected chi connectivity index (χ4v) is 2.73. The monoisotopic (exact) mass is 327 g/mol. The van der Waals surface area contributed by atoms with Crippen LogP contribution < -0.4 is 0 Å². The van der Waals surface area contributed by atoms with Crippen molar-refractivity contribution in [3.8, 4) is 0 Å². The molecule has 0 atom stereocenters. The van der Waals surface area contributed by atoms with Gasteiger partial charge in [-0.05, 0) is 42.2 Å². The second-order valence-electron chi connectivity index (χ2n) is 5.87. The van der Waals surface area contributed by atoms with Crippen LogP contribution in [0.5, 0.6) is 0 Å². The molecule has 0 aromatic heterocycles. The zero-order valence-electron chi connectivity index (χ0n) is 13.4. The van der Waals surface area contributed by atoms with Gasteiger partial charge in [-0.15, -0.1) is 0 Å². The molecule has 0 radical (unpaired) electrons. The maximum absolute atomic E-state index is 13.5. The Balaban J connectivity index is 1.58. The first kappa shape index (κ1) is 16.2. The molecule has 1 heterocycles. The number of ether oxygens (including phenoxy) is 1. The van der Waals surface area contributed by atoms with Crippen LogP contribution in [0.2, 0.25) is 0 Å². The van der Waals surface area contributed by atoms with Crippen LogP contribution in [-0.2, 0) is 22.5 Å². The SMILES string of the molecule is Cc1ccc(C(=O)OCC(=O)N2CCc3ccccc3C2)cc1F. The molecule has 0 aliphatic carbocycles. The quantitative estimate of drug-likeness (QED) is 0.815. The van der Waals surface area contributed by atoms with Crippen molar-refractivity contribution in [2.45, 2.75) is 19.9 Å². The van der Waals surface area contributed by atoms with Gasteiger partial charge in [-0.2, -0.15) is 0 Å². The molecule has 3 rings (SSSR count). The van der Waals surface area contributed by atoms with Crippen LogP contribution in [0.1, 0.15) is 27.0 Å². The standard InChI is InChI=1S/C19H18FNO3/c1-13-6-7-15(10-17(13)20)19(23)24-12-18(22)21-9-8-14-4-2-3-5-16(14)11-21/h2-7,10H,8-9,11-12H2,1H3. The van der Waals surface area contributed by atoms with Crippen molar-refractivity contribution in [3.63, 3.8) is 0 Å². The predicted octanol–water partition coefficient (Wildman–Crippen LogP) is 2.88. The van der Waals surface area contributed by atoms with E-state index in [0.29, 0.717) is 18.7 Å². The number of halogens is 1. The summed E-state index contributed by atoms with van der Waals surface area (Å²) in [4.78, 5) is 25.8. The Hall–Kier alpha value is -2.69. The van der Waals surface area contributed by atoms with Crippen molar-refractivity contribution in [3.05, 3.63) is 70.5 Å². The van der Waals surface area contributed by atoms with E-state index in [4.69, 9.17) is 4.74 Å². The van der Waals surface area contributed by atoms with Crippen LogP contribution in [0.15, 0.2) is 42.5 Å². The Bertz CT molecular complexity index is 788. The van der Waals surface area contributed by atoms with Gasteiger partial charge in [0.1, 0.15) is 5.82 Å². The zero-order chi connectivity index (χ0) is 17.1. The van der Waals surface area contributed by atoms with E-state index < -0.39 is 11.8 Å². The Morgan fingerprint density at radius 2 is 1.92 bits per heavy atom. The number of hydrogen-bond acceptors (Lipinski definition) is 3. The van der Waals surface area contributed by atoms with Gasteiger partial charge in [0.05, 0.1) is 5.56 Å². The van der Waals surface area contributed by atoms with Crippen molar-refractivity contribution in [2.24, 2.45) is 0 Å². The van der Waals surface area contributed by atoms with E-state index in [1.54, 1.807) is 11.8 Å². The fraction of sp³-hybridized carbons (Fsp3) is 0.263. The smallest absolute Gasteiger partial charge is 0.338 e. The lowest BCUT2D eigenvalue weighted by molar-refractivity contribution is -0.135. The van der Waals surface area contributed by atoms with E-state index in [0.717, 1.165) is 18.1 Å². The van der Waals surface area contributed by atoms with E-state index in [1.165, 1.54) is 17.7 Å². The topological polar surface area (TPSA) is 46.6 Å². The summed E-state index contributed by atoms with van der Waals surface area (Å²) in [5.74, 6) is -1.41. The molecule has 0 N–H and O–H groups in total. The molecule has 0 spiro atoms. The fourth-order valence-electron chi connectivity index (χ4n) is 2.73. The highest BCUT2D eigenvalue weighted by Gasteiger charge is 2.21. The second kappa shape index (κ2) is 6.83. The third kappa shape index (κ3) is 3.45. The number of rotatable bonds is 3. The molecular weight excluding hydrogens is 309 g/mol. The van der Waals surface area contributed by atoms with E-state index in [2.05, 4.69) is 6.07 Å². The molecule has 2 aromatic carbocycles. The largest absolute Gasteiger partial charge is 0.452 e. The van der Waals surface area contributed by atoms with Gasteiger partial charge in [0.25, 0.3) is 5.91 Å². The molecule has 24 heavy (non-hydrogen) atoms. The van der Waals surface area contributed by atoms with Gasteiger partial charge in [-0.3, -0.25) is 4.79 Å². The van der Waals surface area contributed by atoms with Crippen molar-refractivity contribution < 1.29 is 18.7 Å². The van der Waals surface area contributed by atoms with Gasteiger partial charge >= 0.3 is 5.97 Å². The number of hydrogen-bond donors (Lipinski definition) is 0. The Labute approximate surface area is 139 Å². The van der Waals surface area contributed by atoms with E-state index >= 15 is 0 Å². The van der Waals surface area contributed by atoms with Gasteiger partial charge in [-0.1, -0.05) is 30.3 Å². The minimum atomic E-state index is -0.695. The average molecular weight is 327 g/mol. The predicted molar refractivity (Wildman–Crippen MR) is 87.0 cm³/mol. The number of amides is 1. The first-order valence-electron chi connectivity index (χ1n) is 7.82. The van der Waals surface area contributed by atoms with Crippen LogP contribution in [0.4, 0.5) is 4.39 Å². The van der Waals surface area contributed by atoms with E-state index in [1.807, 2.05) is 18.2 Å². The van der Waals surface area contributed by atoms with Crippen molar-refractivity contribution in [2.75, 3.05) is 13.2 Å². The number of carbonyl (C=O) groups excluding carboxylic acids is 2. The summed E-state index contributed by atoms with van der Waals surface area (Å²) in [5.41, 5.74) is 2.92. The minimum Gasteiger partial charge on any atom is -0.452 e. The highest BCUT2D eigenvalue weighted by Crippen LogP contribution is 2.18. The molecule has 0 fully saturated rings. The lowest BCUT2D eigenvalue weighted by atomic mass is 10.00. The third-order valence-corrected chi connectivity index (χ3v) is 4.22. The average Bonchev–Trinajstić information content (AvgIpc) is 2.61. The van der Waals surface area contributed by atoms with E-state index in [-0.39, 0.29) is 18.1 Å². The summed E-state index contributed by atoms with van der Waals surface area (Å²) in [7, 11) is 0. The maximum Gasteiger partial charge on any atom is 0.338 e. The molecule has 0 saturated heterocycles. The minimum absolute atomic E-state index is 0.106. The van der Waals surface area contributed by atoms with Crippen LogP contribution in [0.25, 0.3) is 0 Å². The molecule has 124 valence electrons. The number of carbonyl (C=O) groups is 2. The van der Waals surface area contributed by atoms with Crippen LogP contribution in [-0.4, -0.2) is 29.9 Å². The van der Waals surface area contributed by atoms with Gasteiger partial charge in [0, 0.05) is 13.1 Å². The van der Waals surface area contributed by atoms with Crippen molar-refractivity contribution in [1.82, 2.24) is 4.90 Å². The number of nitrogens with zero attached hydrogens (tertiary/aromatic N) is 1. The molecule has 1 amide bonds. The molecule has 5 heteroatoms. The second-order valence-corrected chi connectivity index (χ2v) is 5.87. The molecule has 4 nitrogen and oxygen atoms in total. The van der Waals surface area contributed by atoms with Gasteiger partial charge in [0.15, 0.2) is 6.61 Å². The van der Waals surface area contributed by atoms with Crippen LogP contribution in [0.3, 0.4) is 0 Å². The first-order valence-corrected chi connectivity index (χ1v) is 7.82. The third-order valence-electron chi connectivity index (χ3n) is 4.22. The molecule has 0 saturated carbocycles.